The second kappa shape index (κ2) is 7.99. The summed E-state index contributed by atoms with van der Waals surface area (Å²) in [6.07, 6.45) is 2.06. The van der Waals surface area contributed by atoms with Gasteiger partial charge in [-0.25, -0.2) is 31.5 Å². The maximum atomic E-state index is 13.6. The topological polar surface area (TPSA) is 145 Å². The molecular formula is C17H19FN6O5S. The summed E-state index contributed by atoms with van der Waals surface area (Å²) in [5.41, 5.74) is 0.771. The van der Waals surface area contributed by atoms with Gasteiger partial charge in [0.05, 0.1) is 11.4 Å². The monoisotopic (exact) mass is 438 g/mol. The first kappa shape index (κ1) is 20.2. The Morgan fingerprint density at radius 3 is 2.80 bits per heavy atom. The normalized spacial score (nSPS) is 14.2. The molecule has 0 amide bonds. The van der Waals surface area contributed by atoms with Crippen molar-refractivity contribution >= 4 is 15.8 Å². The van der Waals surface area contributed by atoms with Crippen LogP contribution in [0, 0.1) is 12.7 Å². The zero-order valence-corrected chi connectivity index (χ0v) is 16.8. The van der Waals surface area contributed by atoms with Crippen LogP contribution < -0.4 is 15.8 Å². The third-order valence-electron chi connectivity index (χ3n) is 4.51. The highest BCUT2D eigenvalue weighted by atomic mass is 32.2. The number of anilines is 1. The fraction of sp³-hybridized carbons (Fsp3) is 0.412. The molecule has 11 nitrogen and oxygen atoms in total. The van der Waals surface area contributed by atoms with Crippen LogP contribution in [0.5, 0.6) is 0 Å². The van der Waals surface area contributed by atoms with Crippen molar-refractivity contribution in [2.24, 2.45) is 0 Å². The van der Waals surface area contributed by atoms with Gasteiger partial charge in [0.25, 0.3) is 0 Å². The maximum absolute atomic E-state index is 13.6. The Balaban J connectivity index is 1.49. The number of nitrogens with one attached hydrogen (secondary N) is 2. The van der Waals surface area contributed by atoms with Gasteiger partial charge in [-0.3, -0.25) is 4.52 Å². The van der Waals surface area contributed by atoms with E-state index < -0.39 is 21.6 Å². The van der Waals surface area contributed by atoms with E-state index in [0.717, 1.165) is 17.4 Å². The largest absolute Gasteiger partial charge is 0.446 e. The van der Waals surface area contributed by atoms with Crippen molar-refractivity contribution in [3.8, 4) is 17.2 Å². The minimum Gasteiger partial charge on any atom is -0.365 e. The van der Waals surface area contributed by atoms with Gasteiger partial charge in [0.2, 0.25) is 21.7 Å². The molecule has 2 heterocycles. The smallest absolute Gasteiger partial charge is 0.365 e. The lowest BCUT2D eigenvalue weighted by Gasteiger charge is -2.07. The molecule has 4 rings (SSSR count). The minimum atomic E-state index is -3.32. The third-order valence-corrected chi connectivity index (χ3v) is 6.03. The number of benzene rings is 1. The van der Waals surface area contributed by atoms with Crippen molar-refractivity contribution in [1.82, 2.24) is 24.8 Å². The van der Waals surface area contributed by atoms with E-state index in [4.69, 9.17) is 9.15 Å². The average molecular weight is 438 g/mol. The van der Waals surface area contributed by atoms with Crippen molar-refractivity contribution < 1.29 is 22.0 Å². The van der Waals surface area contributed by atoms with E-state index in [0.29, 0.717) is 17.7 Å². The highest BCUT2D eigenvalue weighted by molar-refractivity contribution is 7.89. The molecule has 1 aliphatic carbocycles. The number of nitrogens with zero attached hydrogens (tertiary/aromatic N) is 4. The second-order valence-corrected chi connectivity index (χ2v) is 8.87. The third kappa shape index (κ3) is 4.41. The van der Waals surface area contributed by atoms with Crippen LogP contribution in [0.1, 0.15) is 24.8 Å². The first-order valence-corrected chi connectivity index (χ1v) is 10.9. The predicted octanol–water partition coefficient (Wildman–Crippen LogP) is 1.21. The van der Waals surface area contributed by atoms with Crippen LogP contribution in [0.25, 0.3) is 17.2 Å². The Morgan fingerprint density at radius 2 is 2.07 bits per heavy atom. The molecule has 1 fully saturated rings. The molecule has 3 aromatic rings. The molecule has 2 aromatic heterocycles. The summed E-state index contributed by atoms with van der Waals surface area (Å²) >= 11 is 0. The minimum absolute atomic E-state index is 0.0118. The van der Waals surface area contributed by atoms with Crippen LogP contribution in [-0.2, 0) is 10.0 Å². The van der Waals surface area contributed by atoms with Gasteiger partial charge >= 0.3 is 5.76 Å². The van der Waals surface area contributed by atoms with E-state index in [1.54, 1.807) is 6.92 Å². The van der Waals surface area contributed by atoms with Crippen molar-refractivity contribution in [2.75, 3.05) is 17.6 Å². The Morgan fingerprint density at radius 1 is 1.27 bits per heavy atom. The lowest BCUT2D eigenvalue weighted by molar-refractivity contribution is 0.309. The summed E-state index contributed by atoms with van der Waals surface area (Å²) < 4.78 is 50.6. The van der Waals surface area contributed by atoms with Gasteiger partial charge in [-0.05, 0) is 60.3 Å². The molecule has 0 unspecified atom stereocenters. The molecule has 0 saturated heterocycles. The van der Waals surface area contributed by atoms with Crippen LogP contribution in [-0.4, -0.2) is 46.8 Å². The maximum Gasteiger partial charge on any atom is 0.446 e. The van der Waals surface area contributed by atoms with E-state index in [1.807, 2.05) is 0 Å². The summed E-state index contributed by atoms with van der Waals surface area (Å²) in [7, 11) is -3.32. The summed E-state index contributed by atoms with van der Waals surface area (Å²) in [6, 6.07) is 4.16. The van der Waals surface area contributed by atoms with Gasteiger partial charge in [-0.1, -0.05) is 5.16 Å². The first-order valence-electron chi connectivity index (χ1n) is 9.26. The summed E-state index contributed by atoms with van der Waals surface area (Å²) in [4.78, 5) is 12.2. The van der Waals surface area contributed by atoms with Crippen LogP contribution >= 0.6 is 0 Å². The summed E-state index contributed by atoms with van der Waals surface area (Å²) in [5, 5.41) is 14.2. The number of sulfonamides is 1. The quantitative estimate of drug-likeness (QED) is 0.471. The Kier molecular flexibility index (Phi) is 5.39. The van der Waals surface area contributed by atoms with E-state index in [1.165, 1.54) is 18.2 Å². The number of rotatable bonds is 9. The van der Waals surface area contributed by atoms with Gasteiger partial charge in [0.15, 0.2) is 5.69 Å². The molecule has 1 aromatic carbocycles. The number of aryl methyl sites for hydroxylation is 1. The average Bonchev–Trinajstić information content (AvgIpc) is 3.22. The van der Waals surface area contributed by atoms with E-state index >= 15 is 0 Å². The van der Waals surface area contributed by atoms with Crippen molar-refractivity contribution in [2.45, 2.75) is 32.2 Å². The summed E-state index contributed by atoms with van der Waals surface area (Å²) in [5.74, 6) is -1.06. The molecular weight excluding hydrogens is 419 g/mol. The molecule has 13 heteroatoms. The highest BCUT2D eigenvalue weighted by Crippen LogP contribution is 2.25. The molecule has 0 atom stereocenters. The molecule has 30 heavy (non-hydrogen) atoms. The molecule has 1 aliphatic rings. The SMILES string of the molecule is Cc1cc(-n2c(-c3nonc3NCCCS(=O)(=O)NC3CC3)noc2=O)ccc1F. The molecule has 160 valence electrons. The number of halogens is 1. The van der Waals surface area contributed by atoms with Crippen molar-refractivity contribution in [3.05, 3.63) is 40.1 Å². The molecule has 2 N–H and O–H groups in total. The Bertz CT molecular complexity index is 1210. The van der Waals surface area contributed by atoms with Crippen LogP contribution in [0.3, 0.4) is 0 Å². The molecule has 0 spiro atoms. The summed E-state index contributed by atoms with van der Waals surface area (Å²) in [6.45, 7) is 1.83. The van der Waals surface area contributed by atoms with Crippen molar-refractivity contribution in [1.29, 1.82) is 0 Å². The molecule has 0 radical (unpaired) electrons. The van der Waals surface area contributed by atoms with E-state index in [2.05, 4.69) is 25.5 Å². The number of hydrogen-bond donors (Lipinski definition) is 2. The zero-order valence-electron chi connectivity index (χ0n) is 16.0. The van der Waals surface area contributed by atoms with Gasteiger partial charge in [0.1, 0.15) is 5.82 Å². The van der Waals surface area contributed by atoms with Crippen LogP contribution in [0.2, 0.25) is 0 Å². The Hall–Kier alpha value is -3.06. The second-order valence-electron chi connectivity index (χ2n) is 6.99. The molecule has 1 saturated carbocycles. The van der Waals surface area contributed by atoms with Crippen LogP contribution in [0.15, 0.2) is 32.1 Å². The lowest BCUT2D eigenvalue weighted by Crippen LogP contribution is -2.29. The lowest BCUT2D eigenvalue weighted by atomic mass is 10.2. The molecule has 0 bridgehead atoms. The van der Waals surface area contributed by atoms with E-state index in [-0.39, 0.29) is 35.7 Å². The van der Waals surface area contributed by atoms with Gasteiger partial charge in [-0.15, -0.1) is 0 Å². The first-order chi connectivity index (χ1) is 14.3. The van der Waals surface area contributed by atoms with Crippen molar-refractivity contribution in [3.63, 3.8) is 0 Å². The number of aromatic nitrogens is 4. The van der Waals surface area contributed by atoms with Gasteiger partial charge in [0, 0.05) is 12.6 Å². The Labute approximate surface area is 170 Å². The standard InChI is InChI=1S/C17H19FN6O5S/c1-10-9-12(5-6-13(10)18)24-16(22-28-17(24)25)14-15(21-29-20-14)19-7-2-8-30(26,27)23-11-3-4-11/h5-6,9,11,23H,2-4,7-8H2,1H3,(H,19,21). The highest BCUT2D eigenvalue weighted by Gasteiger charge is 2.27. The molecule has 0 aliphatic heterocycles. The fourth-order valence-electron chi connectivity index (χ4n) is 2.83. The van der Waals surface area contributed by atoms with Crippen LogP contribution in [0.4, 0.5) is 10.2 Å². The predicted molar refractivity (Wildman–Crippen MR) is 103 cm³/mol. The van der Waals surface area contributed by atoms with Gasteiger partial charge < -0.3 is 5.32 Å². The van der Waals surface area contributed by atoms with E-state index in [9.17, 15) is 17.6 Å². The fourth-order valence-corrected chi connectivity index (χ4v) is 4.22. The number of hydrogen-bond acceptors (Lipinski definition) is 9. The zero-order chi connectivity index (χ0) is 21.3. The van der Waals surface area contributed by atoms with Gasteiger partial charge in [-0.2, -0.15) is 0 Å².